The maximum Gasteiger partial charge on any atom is 0.317 e. The molecule has 1 aromatic heterocycles. The summed E-state index contributed by atoms with van der Waals surface area (Å²) in [4.78, 5) is 32.2. The molecule has 3 aliphatic rings. The maximum atomic E-state index is 12.9. The summed E-state index contributed by atoms with van der Waals surface area (Å²) in [6, 6.07) is 8.52. The highest BCUT2D eigenvalue weighted by atomic mass is 32.1. The van der Waals surface area contributed by atoms with Gasteiger partial charge in [-0.25, -0.2) is 9.78 Å². The Balaban J connectivity index is 1.09. The zero-order valence-electron chi connectivity index (χ0n) is 20.4. The lowest BCUT2D eigenvalue weighted by Gasteiger charge is -2.31. The number of nitrogens with zero attached hydrogens (tertiary/aromatic N) is 2. The fourth-order valence-corrected chi connectivity index (χ4v) is 6.59. The first kappa shape index (κ1) is 24.0. The molecular formula is C28H36N4O2S. The monoisotopic (exact) mass is 492 g/mol. The number of carbonyl (C=O) groups is 2. The van der Waals surface area contributed by atoms with Gasteiger partial charge < -0.3 is 15.5 Å². The summed E-state index contributed by atoms with van der Waals surface area (Å²) in [5, 5.41) is 9.22. The number of nitrogens with one attached hydrogen (secondary N) is 2. The minimum atomic E-state index is -0.0842. The van der Waals surface area contributed by atoms with E-state index in [9.17, 15) is 9.59 Å². The average Bonchev–Trinajstić information content (AvgIpc) is 3.40. The van der Waals surface area contributed by atoms with Crippen LogP contribution in [0.15, 0.2) is 41.3 Å². The molecule has 2 heterocycles. The van der Waals surface area contributed by atoms with Crippen molar-refractivity contribution in [1.29, 1.82) is 0 Å². The van der Waals surface area contributed by atoms with Crippen LogP contribution in [0.5, 0.6) is 0 Å². The lowest BCUT2D eigenvalue weighted by atomic mass is 9.88. The second-order valence-electron chi connectivity index (χ2n) is 10.0. The van der Waals surface area contributed by atoms with E-state index < -0.39 is 0 Å². The van der Waals surface area contributed by atoms with Crippen LogP contribution in [0, 0.1) is 0 Å². The van der Waals surface area contributed by atoms with Gasteiger partial charge in [0.1, 0.15) is 5.69 Å². The van der Waals surface area contributed by atoms with Crippen molar-refractivity contribution in [3.05, 3.63) is 63.1 Å². The molecule has 6 nitrogen and oxygen atoms in total. The Morgan fingerprint density at radius 1 is 1.06 bits per heavy atom. The minimum Gasteiger partial charge on any atom is -0.344 e. The highest BCUT2D eigenvalue weighted by Crippen LogP contribution is 2.32. The van der Waals surface area contributed by atoms with Crippen LogP contribution in [0.4, 0.5) is 4.79 Å². The van der Waals surface area contributed by atoms with Crippen molar-refractivity contribution in [2.75, 3.05) is 19.6 Å². The number of hydrogen-bond acceptors (Lipinski definition) is 4. The number of carbonyl (C=O) groups excluding carboxylic acids is 2. The standard InChI is InChI=1S/C28H36N4O2S/c33-26(30-24-12-6-10-21-9-4-5-11-23(21)24)25-19-35-27(31-25)22-14-17-32(18-15-22)28(34)29-16-13-20-7-2-1-3-8-20/h4-5,7,9,11,19,22,24H,1-3,6,8,10,12-18H2,(H,29,34)(H,30,33). The number of fused-ring (bicyclic) bond motifs is 1. The third kappa shape index (κ3) is 5.95. The van der Waals surface area contributed by atoms with Crippen molar-refractivity contribution in [3.63, 3.8) is 0 Å². The molecule has 1 fully saturated rings. The molecule has 1 saturated heterocycles. The van der Waals surface area contributed by atoms with E-state index >= 15 is 0 Å². The first-order valence-electron chi connectivity index (χ1n) is 13.2. The van der Waals surface area contributed by atoms with Crippen LogP contribution in [0.2, 0.25) is 0 Å². The number of rotatable bonds is 6. The first-order chi connectivity index (χ1) is 17.2. The highest BCUT2D eigenvalue weighted by molar-refractivity contribution is 7.09. The fraction of sp³-hybridized carbons (Fsp3) is 0.536. The molecule has 0 spiro atoms. The summed E-state index contributed by atoms with van der Waals surface area (Å²) >= 11 is 1.57. The molecule has 0 bridgehead atoms. The van der Waals surface area contributed by atoms with Gasteiger partial charge in [0.25, 0.3) is 5.91 Å². The van der Waals surface area contributed by atoms with Crippen LogP contribution >= 0.6 is 11.3 Å². The largest absolute Gasteiger partial charge is 0.344 e. The van der Waals surface area contributed by atoms with Gasteiger partial charge in [0, 0.05) is 30.9 Å². The molecule has 7 heteroatoms. The smallest absolute Gasteiger partial charge is 0.317 e. The minimum absolute atomic E-state index is 0.0480. The Morgan fingerprint density at radius 3 is 2.74 bits per heavy atom. The van der Waals surface area contributed by atoms with E-state index in [0.717, 1.165) is 63.2 Å². The average molecular weight is 493 g/mol. The third-order valence-corrected chi connectivity index (χ3v) is 8.68. The number of aromatic nitrogens is 1. The number of urea groups is 1. The lowest BCUT2D eigenvalue weighted by Crippen LogP contribution is -2.44. The predicted octanol–water partition coefficient (Wildman–Crippen LogP) is 5.73. The third-order valence-electron chi connectivity index (χ3n) is 7.67. The van der Waals surface area contributed by atoms with Crippen molar-refractivity contribution in [3.8, 4) is 0 Å². The number of amides is 3. The summed E-state index contributed by atoms with van der Waals surface area (Å²) in [5.41, 5.74) is 4.59. The summed E-state index contributed by atoms with van der Waals surface area (Å²) in [5.74, 6) is 0.229. The van der Waals surface area contributed by atoms with E-state index in [1.54, 1.807) is 11.3 Å². The van der Waals surface area contributed by atoms with E-state index in [-0.39, 0.29) is 18.0 Å². The molecule has 2 aliphatic carbocycles. The quantitative estimate of drug-likeness (QED) is 0.506. The number of allylic oxidation sites excluding steroid dienone is 1. The SMILES string of the molecule is O=C(NC1CCCc2ccccc21)c1csc(C2CCN(C(=O)NCCC3=CCCCC3)CC2)n1. The molecule has 1 unspecified atom stereocenters. The highest BCUT2D eigenvalue weighted by Gasteiger charge is 2.27. The molecule has 186 valence electrons. The lowest BCUT2D eigenvalue weighted by molar-refractivity contribution is 0.0928. The normalized spacial score (nSPS) is 20.6. The number of piperidine rings is 1. The van der Waals surface area contributed by atoms with Gasteiger partial charge in [-0.3, -0.25) is 4.79 Å². The number of likely N-dealkylation sites (tertiary alicyclic amines) is 1. The number of thiazole rings is 1. The van der Waals surface area contributed by atoms with Crippen molar-refractivity contribution in [2.45, 2.75) is 76.2 Å². The van der Waals surface area contributed by atoms with Gasteiger partial charge in [0.05, 0.1) is 11.0 Å². The van der Waals surface area contributed by atoms with Gasteiger partial charge in [-0.05, 0) is 75.3 Å². The molecule has 2 aromatic rings. The van der Waals surface area contributed by atoms with Gasteiger partial charge in [-0.15, -0.1) is 11.3 Å². The zero-order valence-corrected chi connectivity index (χ0v) is 21.2. The summed E-state index contributed by atoms with van der Waals surface area (Å²) in [7, 11) is 0. The topological polar surface area (TPSA) is 74.3 Å². The van der Waals surface area contributed by atoms with Gasteiger partial charge in [-0.1, -0.05) is 35.9 Å². The molecule has 1 aromatic carbocycles. The summed E-state index contributed by atoms with van der Waals surface area (Å²) in [6.45, 7) is 2.19. The van der Waals surface area contributed by atoms with Crippen LogP contribution in [0.3, 0.4) is 0 Å². The Kier molecular flexibility index (Phi) is 7.82. The number of hydrogen-bond donors (Lipinski definition) is 2. The zero-order chi connectivity index (χ0) is 24.0. The summed E-state index contributed by atoms with van der Waals surface area (Å²) < 4.78 is 0. The van der Waals surface area contributed by atoms with Crippen LogP contribution in [-0.4, -0.2) is 41.5 Å². The van der Waals surface area contributed by atoms with Gasteiger partial charge in [0.15, 0.2) is 0 Å². The summed E-state index contributed by atoms with van der Waals surface area (Å²) in [6.07, 6.45) is 13.2. The molecule has 5 rings (SSSR count). The van der Waals surface area contributed by atoms with Gasteiger partial charge in [-0.2, -0.15) is 0 Å². The van der Waals surface area contributed by atoms with E-state index in [2.05, 4.69) is 34.9 Å². The molecule has 1 aliphatic heterocycles. The molecule has 35 heavy (non-hydrogen) atoms. The Morgan fingerprint density at radius 2 is 1.91 bits per heavy atom. The van der Waals surface area contributed by atoms with Crippen LogP contribution in [-0.2, 0) is 6.42 Å². The fourth-order valence-electron chi connectivity index (χ4n) is 5.62. The van der Waals surface area contributed by atoms with E-state index in [1.807, 2.05) is 16.3 Å². The second kappa shape index (κ2) is 11.4. The first-order valence-corrected chi connectivity index (χ1v) is 14.1. The van der Waals surface area contributed by atoms with Crippen LogP contribution in [0.25, 0.3) is 0 Å². The number of benzene rings is 1. The van der Waals surface area contributed by atoms with Gasteiger partial charge in [0.2, 0.25) is 0 Å². The molecule has 3 amide bonds. The van der Waals surface area contributed by atoms with Crippen molar-refractivity contribution in [2.24, 2.45) is 0 Å². The predicted molar refractivity (Wildman–Crippen MR) is 140 cm³/mol. The van der Waals surface area contributed by atoms with Crippen LogP contribution < -0.4 is 10.6 Å². The molecule has 0 saturated carbocycles. The van der Waals surface area contributed by atoms with E-state index in [4.69, 9.17) is 4.98 Å². The Labute approximate surface area is 212 Å². The molecule has 0 radical (unpaired) electrons. The maximum absolute atomic E-state index is 12.9. The van der Waals surface area contributed by atoms with Crippen LogP contribution in [0.1, 0.15) is 96.4 Å². The van der Waals surface area contributed by atoms with E-state index in [1.165, 1.54) is 42.4 Å². The van der Waals surface area contributed by atoms with Crippen molar-refractivity contribution >= 4 is 23.3 Å². The molecular weight excluding hydrogens is 456 g/mol. The Hall–Kier alpha value is -2.67. The van der Waals surface area contributed by atoms with E-state index in [0.29, 0.717) is 11.6 Å². The second-order valence-corrected chi connectivity index (χ2v) is 10.9. The van der Waals surface area contributed by atoms with Crippen molar-refractivity contribution in [1.82, 2.24) is 20.5 Å². The molecule has 1 atom stereocenters. The van der Waals surface area contributed by atoms with Gasteiger partial charge >= 0.3 is 6.03 Å². The number of aryl methyl sites for hydroxylation is 1. The Bertz CT molecular complexity index is 1070. The molecule has 2 N–H and O–H groups in total. The van der Waals surface area contributed by atoms with Crippen molar-refractivity contribution < 1.29 is 9.59 Å².